The van der Waals surface area contributed by atoms with E-state index in [1.54, 1.807) is 0 Å². The quantitative estimate of drug-likeness (QED) is 0.441. The van der Waals surface area contributed by atoms with E-state index >= 15 is 0 Å². The minimum absolute atomic E-state index is 0.568. The molecule has 5 heteroatoms. The molecule has 0 aliphatic carbocycles. The molecule has 0 unspecified atom stereocenters. The first-order valence-corrected chi connectivity index (χ1v) is 7.87. The summed E-state index contributed by atoms with van der Waals surface area (Å²) in [7, 11) is 0. The second kappa shape index (κ2) is 6.12. The Balaban J connectivity index is 1.75. The van der Waals surface area contributed by atoms with E-state index in [1.807, 2.05) is 54.6 Å². The van der Waals surface area contributed by atoms with Crippen molar-refractivity contribution in [2.24, 2.45) is 5.10 Å². The van der Waals surface area contributed by atoms with Crippen molar-refractivity contribution in [3.05, 3.63) is 66.5 Å². The molecule has 0 aliphatic heterocycles. The average molecular weight is 316 g/mol. The van der Waals surface area contributed by atoms with E-state index in [4.69, 9.17) is 4.42 Å². The van der Waals surface area contributed by atoms with Gasteiger partial charge in [0.15, 0.2) is 11.4 Å². The molecule has 2 heterocycles. The molecule has 0 bridgehead atoms. The van der Waals surface area contributed by atoms with Gasteiger partial charge in [-0.2, -0.15) is 5.10 Å². The van der Waals surface area contributed by atoms with Gasteiger partial charge in [-0.1, -0.05) is 49.4 Å². The van der Waals surface area contributed by atoms with Gasteiger partial charge in [-0.25, -0.2) is 9.97 Å². The number of furan rings is 1. The van der Waals surface area contributed by atoms with E-state index in [2.05, 4.69) is 27.4 Å². The molecule has 5 nitrogen and oxygen atoms in total. The number of nitrogens with one attached hydrogen (secondary N) is 1. The highest BCUT2D eigenvalue weighted by atomic mass is 16.3. The monoisotopic (exact) mass is 316 g/mol. The van der Waals surface area contributed by atoms with Crippen LogP contribution in [-0.2, 0) is 0 Å². The smallest absolute Gasteiger partial charge is 0.197 e. The molecule has 2 aromatic heterocycles. The fourth-order valence-electron chi connectivity index (χ4n) is 2.70. The number of hydrogen-bond donors (Lipinski definition) is 1. The third-order valence-corrected chi connectivity index (χ3v) is 3.90. The fourth-order valence-corrected chi connectivity index (χ4v) is 2.70. The Morgan fingerprint density at radius 2 is 1.83 bits per heavy atom. The third-order valence-electron chi connectivity index (χ3n) is 3.90. The molecule has 0 atom stereocenters. The van der Waals surface area contributed by atoms with Gasteiger partial charge in [-0.15, -0.1) is 0 Å². The van der Waals surface area contributed by atoms with Crippen LogP contribution in [0.15, 0.2) is 70.4 Å². The van der Waals surface area contributed by atoms with Gasteiger partial charge in [0.05, 0.1) is 5.71 Å². The van der Waals surface area contributed by atoms with Crippen LogP contribution in [-0.4, -0.2) is 15.7 Å². The van der Waals surface area contributed by atoms with Gasteiger partial charge >= 0.3 is 0 Å². The summed E-state index contributed by atoms with van der Waals surface area (Å²) in [5, 5.41) is 5.49. The van der Waals surface area contributed by atoms with Gasteiger partial charge in [-0.3, -0.25) is 5.43 Å². The molecular formula is C19H16N4O. The predicted octanol–water partition coefficient (Wildman–Crippen LogP) is 4.60. The second-order valence-corrected chi connectivity index (χ2v) is 5.39. The van der Waals surface area contributed by atoms with E-state index in [1.165, 1.54) is 6.33 Å². The number of hydrogen-bond acceptors (Lipinski definition) is 5. The number of anilines is 1. The third kappa shape index (κ3) is 2.50. The number of rotatable bonds is 4. The molecule has 0 saturated carbocycles. The summed E-state index contributed by atoms with van der Waals surface area (Å²) in [5.41, 5.74) is 7.28. The standard InChI is InChI=1S/C19H16N4O/c1-2-15(13-8-4-3-5-9-13)22-23-19-18-17(20-12-21-19)14-10-6-7-11-16(14)24-18/h3-12H,2H2,1H3,(H,20,21,23)/b22-15-. The maximum Gasteiger partial charge on any atom is 0.197 e. The first-order valence-electron chi connectivity index (χ1n) is 7.87. The van der Waals surface area contributed by atoms with Gasteiger partial charge in [0.2, 0.25) is 0 Å². The Labute approximate surface area is 139 Å². The molecular weight excluding hydrogens is 300 g/mol. The van der Waals surface area contributed by atoms with Crippen LogP contribution in [0.3, 0.4) is 0 Å². The van der Waals surface area contributed by atoms with Crippen LogP contribution in [0.25, 0.3) is 22.1 Å². The Morgan fingerprint density at radius 1 is 1.04 bits per heavy atom. The average Bonchev–Trinajstić information content (AvgIpc) is 3.03. The Bertz CT molecular complexity index is 1020. The lowest BCUT2D eigenvalue weighted by molar-refractivity contribution is 0.667. The van der Waals surface area contributed by atoms with Crippen molar-refractivity contribution >= 4 is 33.6 Å². The van der Waals surface area contributed by atoms with Crippen molar-refractivity contribution in [3.8, 4) is 0 Å². The van der Waals surface area contributed by atoms with Crippen molar-refractivity contribution < 1.29 is 4.42 Å². The van der Waals surface area contributed by atoms with Crippen molar-refractivity contribution in [1.29, 1.82) is 0 Å². The van der Waals surface area contributed by atoms with Crippen molar-refractivity contribution in [2.75, 3.05) is 5.43 Å². The summed E-state index contributed by atoms with van der Waals surface area (Å²) in [5.74, 6) is 0.568. The van der Waals surface area contributed by atoms with Gasteiger partial charge in [0.25, 0.3) is 0 Å². The van der Waals surface area contributed by atoms with Gasteiger partial charge in [0, 0.05) is 5.39 Å². The molecule has 4 rings (SSSR count). The van der Waals surface area contributed by atoms with Crippen molar-refractivity contribution in [3.63, 3.8) is 0 Å². The van der Waals surface area contributed by atoms with Gasteiger partial charge in [-0.05, 0) is 24.1 Å². The molecule has 0 amide bonds. The molecule has 4 aromatic rings. The van der Waals surface area contributed by atoms with Crippen LogP contribution in [0.2, 0.25) is 0 Å². The van der Waals surface area contributed by atoms with Gasteiger partial charge in [0.1, 0.15) is 17.4 Å². The zero-order valence-corrected chi connectivity index (χ0v) is 13.2. The summed E-state index contributed by atoms with van der Waals surface area (Å²) in [6, 6.07) is 17.9. The maximum absolute atomic E-state index is 5.90. The van der Waals surface area contributed by atoms with Crippen LogP contribution >= 0.6 is 0 Å². The number of benzene rings is 2. The number of fused-ring (bicyclic) bond motifs is 3. The fraction of sp³-hybridized carbons (Fsp3) is 0.105. The SMILES string of the molecule is CC/C(=N/Nc1ncnc2c1oc1ccccc12)c1ccccc1. The number of hydrazone groups is 1. The Morgan fingerprint density at radius 3 is 2.67 bits per heavy atom. The van der Waals surface area contributed by atoms with Crippen molar-refractivity contribution in [1.82, 2.24) is 9.97 Å². The first kappa shape index (κ1) is 14.4. The minimum atomic E-state index is 0.568. The molecule has 0 radical (unpaired) electrons. The summed E-state index contributed by atoms with van der Waals surface area (Å²) >= 11 is 0. The predicted molar refractivity (Wildman–Crippen MR) is 96.2 cm³/mol. The number of para-hydroxylation sites is 1. The van der Waals surface area contributed by atoms with Crippen LogP contribution in [0.1, 0.15) is 18.9 Å². The zero-order chi connectivity index (χ0) is 16.4. The number of nitrogens with zero attached hydrogens (tertiary/aromatic N) is 3. The summed E-state index contributed by atoms with van der Waals surface area (Å²) in [6.07, 6.45) is 2.33. The molecule has 1 N–H and O–H groups in total. The molecule has 0 aliphatic rings. The number of aromatic nitrogens is 2. The molecule has 2 aromatic carbocycles. The zero-order valence-electron chi connectivity index (χ0n) is 13.2. The second-order valence-electron chi connectivity index (χ2n) is 5.39. The molecule has 118 valence electrons. The molecule has 24 heavy (non-hydrogen) atoms. The highest BCUT2D eigenvalue weighted by Gasteiger charge is 2.12. The largest absolute Gasteiger partial charge is 0.450 e. The van der Waals surface area contributed by atoms with E-state index < -0.39 is 0 Å². The highest BCUT2D eigenvalue weighted by Crippen LogP contribution is 2.30. The molecule has 0 fully saturated rings. The van der Waals surface area contributed by atoms with Gasteiger partial charge < -0.3 is 4.42 Å². The normalized spacial score (nSPS) is 12.0. The summed E-state index contributed by atoms with van der Waals surface area (Å²) in [6.45, 7) is 2.07. The van der Waals surface area contributed by atoms with E-state index in [-0.39, 0.29) is 0 Å². The van der Waals surface area contributed by atoms with Crippen LogP contribution < -0.4 is 5.43 Å². The van der Waals surface area contributed by atoms with E-state index in [9.17, 15) is 0 Å². The first-order chi connectivity index (χ1) is 11.9. The topological polar surface area (TPSA) is 63.3 Å². The highest BCUT2D eigenvalue weighted by molar-refractivity contribution is 6.06. The van der Waals surface area contributed by atoms with E-state index in [0.717, 1.165) is 34.2 Å². The molecule has 0 spiro atoms. The summed E-state index contributed by atoms with van der Waals surface area (Å²) < 4.78 is 5.90. The minimum Gasteiger partial charge on any atom is -0.450 e. The lowest BCUT2D eigenvalue weighted by atomic mass is 10.1. The molecule has 0 saturated heterocycles. The van der Waals surface area contributed by atoms with E-state index in [0.29, 0.717) is 11.4 Å². The summed E-state index contributed by atoms with van der Waals surface area (Å²) in [4.78, 5) is 8.62. The Kier molecular flexibility index (Phi) is 3.67. The lowest BCUT2D eigenvalue weighted by Gasteiger charge is -2.05. The maximum atomic E-state index is 5.90. The van der Waals surface area contributed by atoms with Crippen LogP contribution in [0.4, 0.5) is 5.82 Å². The Hall–Kier alpha value is -3.21. The van der Waals surface area contributed by atoms with Crippen LogP contribution in [0, 0.1) is 0 Å². The lowest BCUT2D eigenvalue weighted by Crippen LogP contribution is -2.04. The van der Waals surface area contributed by atoms with Crippen LogP contribution in [0.5, 0.6) is 0 Å². The van der Waals surface area contributed by atoms with Crippen molar-refractivity contribution in [2.45, 2.75) is 13.3 Å².